The molecule has 0 bridgehead atoms. The third-order valence-electron chi connectivity index (χ3n) is 4.56. The van der Waals surface area contributed by atoms with Gasteiger partial charge in [-0.2, -0.15) is 0 Å². The molecule has 0 spiro atoms. The van der Waals surface area contributed by atoms with E-state index in [9.17, 15) is 0 Å². The number of ether oxygens (including phenoxy) is 2. The molecule has 1 aliphatic heterocycles. The maximum absolute atomic E-state index is 6.05. The van der Waals surface area contributed by atoms with Crippen LogP contribution < -0.4 is 5.32 Å². The molecule has 0 aromatic rings. The fourth-order valence-corrected chi connectivity index (χ4v) is 3.35. The zero-order chi connectivity index (χ0) is 14.2. The van der Waals surface area contributed by atoms with Crippen LogP contribution in [-0.2, 0) is 9.47 Å². The lowest BCUT2D eigenvalue weighted by atomic mass is 9.98. The Bertz CT molecular complexity index is 249. The second kappa shape index (κ2) is 9.01. The predicted molar refractivity (Wildman–Crippen MR) is 83.0 cm³/mol. The minimum Gasteiger partial charge on any atom is -0.378 e. The second-order valence-electron chi connectivity index (χ2n) is 6.38. The molecule has 2 aliphatic rings. The summed E-state index contributed by atoms with van der Waals surface area (Å²) in [5.74, 6) is 0.812. The van der Waals surface area contributed by atoms with Crippen molar-refractivity contribution >= 4 is 0 Å². The Morgan fingerprint density at radius 3 is 2.70 bits per heavy atom. The Morgan fingerprint density at radius 2 is 2.10 bits per heavy atom. The monoisotopic (exact) mass is 283 g/mol. The van der Waals surface area contributed by atoms with E-state index >= 15 is 0 Å². The van der Waals surface area contributed by atoms with Crippen molar-refractivity contribution < 1.29 is 9.47 Å². The molecule has 0 aromatic heterocycles. The quantitative estimate of drug-likeness (QED) is 0.629. The van der Waals surface area contributed by atoms with Crippen molar-refractivity contribution in [3.05, 3.63) is 0 Å². The van der Waals surface area contributed by atoms with Crippen LogP contribution in [0.15, 0.2) is 0 Å². The van der Waals surface area contributed by atoms with Gasteiger partial charge in [0.05, 0.1) is 12.2 Å². The van der Waals surface area contributed by atoms with E-state index in [1.807, 2.05) is 0 Å². The Kier molecular flexibility index (Phi) is 7.32. The molecule has 20 heavy (non-hydrogen) atoms. The van der Waals surface area contributed by atoms with Crippen molar-refractivity contribution in [2.24, 2.45) is 5.92 Å². The molecule has 1 saturated carbocycles. The lowest BCUT2D eigenvalue weighted by molar-refractivity contribution is 0.0150. The third kappa shape index (κ3) is 5.34. The first-order chi connectivity index (χ1) is 9.85. The van der Waals surface area contributed by atoms with E-state index in [0.29, 0.717) is 18.2 Å². The van der Waals surface area contributed by atoms with Gasteiger partial charge in [-0.25, -0.2) is 0 Å². The van der Waals surface area contributed by atoms with E-state index in [1.54, 1.807) is 0 Å². The first-order valence-corrected chi connectivity index (χ1v) is 8.81. The summed E-state index contributed by atoms with van der Waals surface area (Å²) < 4.78 is 11.8. The Hall–Kier alpha value is -0.120. The van der Waals surface area contributed by atoms with Gasteiger partial charge >= 0.3 is 0 Å². The average Bonchev–Trinajstić information content (AvgIpc) is 3.17. The molecule has 2 rings (SSSR count). The second-order valence-corrected chi connectivity index (χ2v) is 6.38. The SMILES string of the molecule is CCCNC(CCCC1CCCO1)C(OCC)C1CC1. The van der Waals surface area contributed by atoms with Crippen LogP contribution >= 0.6 is 0 Å². The van der Waals surface area contributed by atoms with Crippen LogP contribution in [0.3, 0.4) is 0 Å². The van der Waals surface area contributed by atoms with Crippen LogP contribution in [-0.4, -0.2) is 38.0 Å². The summed E-state index contributed by atoms with van der Waals surface area (Å²) in [7, 11) is 0. The van der Waals surface area contributed by atoms with Gasteiger partial charge in [0.25, 0.3) is 0 Å². The highest BCUT2D eigenvalue weighted by Crippen LogP contribution is 2.37. The first kappa shape index (κ1) is 16.3. The van der Waals surface area contributed by atoms with Crippen LogP contribution in [0, 0.1) is 5.92 Å². The molecule has 1 saturated heterocycles. The van der Waals surface area contributed by atoms with Crippen molar-refractivity contribution in [1.82, 2.24) is 5.32 Å². The molecule has 1 aliphatic carbocycles. The highest BCUT2D eigenvalue weighted by atomic mass is 16.5. The van der Waals surface area contributed by atoms with Gasteiger partial charge in [-0.05, 0) is 70.8 Å². The smallest absolute Gasteiger partial charge is 0.0755 e. The minimum atomic E-state index is 0.441. The summed E-state index contributed by atoms with van der Waals surface area (Å²) in [5.41, 5.74) is 0. The highest BCUT2D eigenvalue weighted by molar-refractivity contribution is 4.90. The molecule has 0 aromatic carbocycles. The number of hydrogen-bond donors (Lipinski definition) is 1. The van der Waals surface area contributed by atoms with E-state index in [4.69, 9.17) is 9.47 Å². The fourth-order valence-electron chi connectivity index (χ4n) is 3.35. The number of rotatable bonds is 11. The first-order valence-electron chi connectivity index (χ1n) is 8.81. The van der Waals surface area contributed by atoms with E-state index in [2.05, 4.69) is 19.2 Å². The topological polar surface area (TPSA) is 30.5 Å². The Balaban J connectivity index is 1.75. The lowest BCUT2D eigenvalue weighted by Crippen LogP contribution is -2.43. The third-order valence-corrected chi connectivity index (χ3v) is 4.56. The van der Waals surface area contributed by atoms with Crippen molar-refractivity contribution in [2.45, 2.75) is 83.5 Å². The molecule has 2 fully saturated rings. The van der Waals surface area contributed by atoms with Crippen LogP contribution in [0.1, 0.15) is 65.2 Å². The largest absolute Gasteiger partial charge is 0.378 e. The van der Waals surface area contributed by atoms with Gasteiger partial charge in [0, 0.05) is 19.3 Å². The van der Waals surface area contributed by atoms with Gasteiger partial charge in [-0.3, -0.25) is 0 Å². The molecular formula is C17H33NO2. The number of hydrogen-bond acceptors (Lipinski definition) is 3. The molecule has 1 heterocycles. The molecule has 1 N–H and O–H groups in total. The zero-order valence-electron chi connectivity index (χ0n) is 13.4. The molecule has 3 unspecified atom stereocenters. The molecule has 3 heteroatoms. The van der Waals surface area contributed by atoms with Gasteiger partial charge in [0.1, 0.15) is 0 Å². The zero-order valence-corrected chi connectivity index (χ0v) is 13.4. The standard InChI is InChI=1S/C17H33NO2/c1-3-12-18-16(17(19-4-2)14-10-11-14)9-5-7-15-8-6-13-20-15/h14-18H,3-13H2,1-2H3. The summed E-state index contributed by atoms with van der Waals surface area (Å²) >= 11 is 0. The molecule has 118 valence electrons. The van der Waals surface area contributed by atoms with Crippen LogP contribution in [0.4, 0.5) is 0 Å². The molecule has 3 atom stereocenters. The molecule has 0 radical (unpaired) electrons. The van der Waals surface area contributed by atoms with E-state index in [0.717, 1.165) is 25.7 Å². The lowest BCUT2D eigenvalue weighted by Gasteiger charge is -2.28. The minimum absolute atomic E-state index is 0.441. The molecular weight excluding hydrogens is 250 g/mol. The van der Waals surface area contributed by atoms with Crippen molar-refractivity contribution in [3.8, 4) is 0 Å². The summed E-state index contributed by atoms with van der Waals surface area (Å²) in [5, 5.41) is 3.74. The maximum Gasteiger partial charge on any atom is 0.0755 e. The van der Waals surface area contributed by atoms with E-state index in [1.165, 1.54) is 51.4 Å². The normalized spacial score (nSPS) is 25.8. The highest BCUT2D eigenvalue weighted by Gasteiger charge is 2.36. The van der Waals surface area contributed by atoms with Crippen molar-refractivity contribution in [2.75, 3.05) is 19.8 Å². The summed E-state index contributed by atoms with van der Waals surface area (Å²) in [6, 6.07) is 0.545. The van der Waals surface area contributed by atoms with E-state index < -0.39 is 0 Å². The summed E-state index contributed by atoms with van der Waals surface area (Å²) in [4.78, 5) is 0. The predicted octanol–water partition coefficient (Wildman–Crippen LogP) is 3.52. The van der Waals surface area contributed by atoms with Gasteiger partial charge < -0.3 is 14.8 Å². The van der Waals surface area contributed by atoms with Crippen molar-refractivity contribution in [3.63, 3.8) is 0 Å². The van der Waals surface area contributed by atoms with Gasteiger partial charge in [0.15, 0.2) is 0 Å². The average molecular weight is 283 g/mol. The molecule has 0 amide bonds. The Labute approximate surface area is 124 Å². The van der Waals surface area contributed by atoms with Gasteiger partial charge in [0.2, 0.25) is 0 Å². The summed E-state index contributed by atoms with van der Waals surface area (Å²) in [6.07, 6.45) is 11.2. The van der Waals surface area contributed by atoms with Gasteiger partial charge in [-0.15, -0.1) is 0 Å². The number of nitrogens with one attached hydrogen (secondary N) is 1. The van der Waals surface area contributed by atoms with Crippen LogP contribution in [0.25, 0.3) is 0 Å². The molecule has 3 nitrogen and oxygen atoms in total. The van der Waals surface area contributed by atoms with E-state index in [-0.39, 0.29) is 0 Å². The van der Waals surface area contributed by atoms with Crippen LogP contribution in [0.5, 0.6) is 0 Å². The summed E-state index contributed by atoms with van der Waals surface area (Å²) in [6.45, 7) is 7.30. The fraction of sp³-hybridized carbons (Fsp3) is 1.00. The van der Waals surface area contributed by atoms with Crippen molar-refractivity contribution in [1.29, 1.82) is 0 Å². The maximum atomic E-state index is 6.05. The van der Waals surface area contributed by atoms with Gasteiger partial charge in [-0.1, -0.05) is 6.92 Å². The Morgan fingerprint density at radius 1 is 1.25 bits per heavy atom. The van der Waals surface area contributed by atoms with Crippen LogP contribution in [0.2, 0.25) is 0 Å².